The molecule has 0 unspecified atom stereocenters. The largest absolute Gasteiger partial charge is 0.469 e. The molecule has 0 radical (unpaired) electrons. The van der Waals surface area contributed by atoms with Crippen LogP contribution in [-0.4, -0.2) is 12.0 Å². The van der Waals surface area contributed by atoms with E-state index in [9.17, 15) is 0 Å². The highest BCUT2D eigenvalue weighted by molar-refractivity contribution is 5.45. The summed E-state index contributed by atoms with van der Waals surface area (Å²) in [4.78, 5) is 3.89. The molecule has 1 aromatic heterocycles. The molecule has 1 aromatic rings. The van der Waals surface area contributed by atoms with Crippen LogP contribution in [0.3, 0.4) is 0 Å². The Morgan fingerprint density at radius 1 is 1.70 bits per heavy atom. The van der Waals surface area contributed by atoms with Crippen LogP contribution in [0.5, 0.6) is 0 Å². The first-order chi connectivity index (χ1) is 4.86. The number of nitrogens with zero attached hydrogens (tertiary/aromatic N) is 3. The Morgan fingerprint density at radius 2 is 2.50 bits per heavy atom. The van der Waals surface area contributed by atoms with Gasteiger partial charge in [0.05, 0.1) is 11.6 Å². The summed E-state index contributed by atoms with van der Waals surface area (Å²) in [6.07, 6.45) is 1.57. The van der Waals surface area contributed by atoms with Gasteiger partial charge in [-0.1, -0.05) is 19.1 Å². The predicted octanol–water partition coefficient (Wildman–Crippen LogP) is 1.59. The van der Waals surface area contributed by atoms with Gasteiger partial charge in [0.25, 0.3) is 0 Å². The second kappa shape index (κ2) is 2.83. The minimum atomic E-state index is 0.593. The van der Waals surface area contributed by atoms with E-state index in [2.05, 4.69) is 10.3 Å². The van der Waals surface area contributed by atoms with Gasteiger partial charge in [0.1, 0.15) is 0 Å². The van der Waals surface area contributed by atoms with Gasteiger partial charge in [-0.3, -0.25) is 0 Å². The van der Waals surface area contributed by atoms with Gasteiger partial charge in [-0.25, -0.2) is 0 Å². The Morgan fingerprint density at radius 3 is 3.10 bits per heavy atom. The van der Waals surface area contributed by atoms with Crippen LogP contribution in [0.4, 0.5) is 5.82 Å². The zero-order chi connectivity index (χ0) is 7.40. The third-order valence-electron chi connectivity index (χ3n) is 1.10. The molecule has 50 valence electrons. The van der Waals surface area contributed by atoms with Crippen molar-refractivity contribution in [3.63, 3.8) is 0 Å². The molecule has 0 aliphatic carbocycles. The van der Waals surface area contributed by atoms with Crippen molar-refractivity contribution in [3.8, 4) is 6.07 Å². The summed E-state index contributed by atoms with van der Waals surface area (Å²) >= 11 is 0. The predicted molar refractivity (Wildman–Crippen MR) is 37.9 cm³/mol. The van der Waals surface area contributed by atoms with E-state index in [4.69, 9.17) is 5.26 Å². The number of rotatable bonds is 1. The number of hydrogen-bond acceptors (Lipinski definition) is 2. The van der Waals surface area contributed by atoms with Crippen LogP contribution in [0.2, 0.25) is 0 Å². The lowest BCUT2D eigenvalue weighted by molar-refractivity contribution is 1.31. The fourth-order valence-corrected chi connectivity index (χ4v) is 0.610. The molecule has 3 heteroatoms. The zero-order valence-corrected chi connectivity index (χ0v) is 5.57. The summed E-state index contributed by atoms with van der Waals surface area (Å²) in [7, 11) is 1.64. The summed E-state index contributed by atoms with van der Waals surface area (Å²) in [5.74, 6) is 0.596. The molecule has 10 heavy (non-hydrogen) atoms. The lowest BCUT2D eigenvalue weighted by Crippen LogP contribution is -1.76. The highest BCUT2D eigenvalue weighted by Gasteiger charge is 1.83. The number of hydrogen-bond donors (Lipinski definition) is 0. The standard InChI is InChI=1S/C7H6N3/c1-9-7-4-6(5-8)2-3-10-7/h2-4H,1H3/q-1. The molecule has 0 aliphatic rings. The van der Waals surface area contributed by atoms with E-state index in [1.165, 1.54) is 0 Å². The highest BCUT2D eigenvalue weighted by atomic mass is 14.9. The first-order valence-electron chi connectivity index (χ1n) is 2.83. The second-order valence-electron chi connectivity index (χ2n) is 1.74. The van der Waals surface area contributed by atoms with Crippen LogP contribution >= 0.6 is 0 Å². The first-order valence-corrected chi connectivity index (χ1v) is 2.83. The third kappa shape index (κ3) is 1.23. The smallest absolute Gasteiger partial charge is 0.0991 e. The Labute approximate surface area is 59.3 Å². The van der Waals surface area contributed by atoms with E-state index < -0.39 is 0 Å². The third-order valence-corrected chi connectivity index (χ3v) is 1.10. The van der Waals surface area contributed by atoms with Gasteiger partial charge in [-0.15, -0.1) is 0 Å². The molecule has 1 heterocycles. The summed E-state index contributed by atoms with van der Waals surface area (Å²) in [5.41, 5.74) is 0.593. The maximum Gasteiger partial charge on any atom is 0.0991 e. The Bertz CT molecular complexity index is 262. The maximum atomic E-state index is 8.44. The molecule has 0 atom stereocenters. The van der Waals surface area contributed by atoms with Crippen molar-refractivity contribution in [1.29, 1.82) is 5.26 Å². The lowest BCUT2D eigenvalue weighted by Gasteiger charge is -2.07. The average Bonchev–Trinajstić information content (AvgIpc) is 2.05. The van der Waals surface area contributed by atoms with Crippen molar-refractivity contribution in [2.24, 2.45) is 0 Å². The number of nitriles is 1. The first kappa shape index (κ1) is 6.56. The number of aromatic nitrogens is 1. The molecular weight excluding hydrogens is 126 g/mol. The van der Waals surface area contributed by atoms with Crippen molar-refractivity contribution in [1.82, 2.24) is 4.98 Å². The molecule has 0 aromatic carbocycles. The molecule has 0 N–H and O–H groups in total. The van der Waals surface area contributed by atoms with Crippen LogP contribution in [0.15, 0.2) is 18.3 Å². The van der Waals surface area contributed by atoms with E-state index in [1.54, 1.807) is 25.4 Å². The molecule has 0 amide bonds. The topological polar surface area (TPSA) is 50.8 Å². The molecular formula is C7H6N3-. The fraction of sp³-hybridized carbons (Fsp3) is 0.143. The van der Waals surface area contributed by atoms with Crippen molar-refractivity contribution < 1.29 is 0 Å². The van der Waals surface area contributed by atoms with Gasteiger partial charge < -0.3 is 10.3 Å². The van der Waals surface area contributed by atoms with Crippen LogP contribution in [0, 0.1) is 11.3 Å². The van der Waals surface area contributed by atoms with Crippen LogP contribution < -0.4 is 0 Å². The molecule has 0 bridgehead atoms. The van der Waals surface area contributed by atoms with Crippen molar-refractivity contribution in [2.45, 2.75) is 0 Å². The molecule has 0 spiro atoms. The van der Waals surface area contributed by atoms with E-state index in [0.29, 0.717) is 11.4 Å². The summed E-state index contributed by atoms with van der Waals surface area (Å²) in [5, 5.41) is 12.3. The van der Waals surface area contributed by atoms with E-state index in [-0.39, 0.29) is 0 Å². The van der Waals surface area contributed by atoms with E-state index in [1.807, 2.05) is 6.07 Å². The zero-order valence-electron chi connectivity index (χ0n) is 5.57. The molecule has 0 saturated carbocycles. The minimum Gasteiger partial charge on any atom is -0.469 e. The number of pyridine rings is 1. The van der Waals surface area contributed by atoms with Gasteiger partial charge in [0.15, 0.2) is 0 Å². The molecule has 3 nitrogen and oxygen atoms in total. The lowest BCUT2D eigenvalue weighted by atomic mass is 10.3. The quantitative estimate of drug-likeness (QED) is 0.582. The Balaban J connectivity index is 3.01. The SMILES string of the molecule is C[N-]c1cc(C#N)ccn1. The molecule has 0 fully saturated rings. The Hall–Kier alpha value is -1.56. The van der Waals surface area contributed by atoms with Crippen molar-refractivity contribution in [3.05, 3.63) is 29.2 Å². The Kier molecular flexibility index (Phi) is 1.86. The van der Waals surface area contributed by atoms with Crippen molar-refractivity contribution >= 4 is 5.82 Å². The summed E-state index contributed by atoms with van der Waals surface area (Å²) in [6, 6.07) is 5.29. The van der Waals surface area contributed by atoms with Gasteiger partial charge in [0.2, 0.25) is 0 Å². The summed E-state index contributed by atoms with van der Waals surface area (Å²) < 4.78 is 0. The molecule has 1 rings (SSSR count). The van der Waals surface area contributed by atoms with Gasteiger partial charge >= 0.3 is 0 Å². The van der Waals surface area contributed by atoms with Gasteiger partial charge in [0, 0.05) is 0 Å². The van der Waals surface area contributed by atoms with E-state index in [0.717, 1.165) is 0 Å². The molecule has 0 aliphatic heterocycles. The monoisotopic (exact) mass is 132 g/mol. The van der Waals surface area contributed by atoms with Gasteiger partial charge in [-0.05, 0) is 12.1 Å². The normalized spacial score (nSPS) is 8.40. The highest BCUT2D eigenvalue weighted by Crippen LogP contribution is 2.11. The average molecular weight is 132 g/mol. The van der Waals surface area contributed by atoms with Crippen LogP contribution in [0.25, 0.3) is 5.32 Å². The second-order valence-corrected chi connectivity index (χ2v) is 1.74. The fourth-order valence-electron chi connectivity index (χ4n) is 0.610. The van der Waals surface area contributed by atoms with Crippen LogP contribution in [0.1, 0.15) is 5.56 Å². The summed E-state index contributed by atoms with van der Waals surface area (Å²) in [6.45, 7) is 0. The molecule has 0 saturated heterocycles. The van der Waals surface area contributed by atoms with Gasteiger partial charge in [-0.2, -0.15) is 5.26 Å². The van der Waals surface area contributed by atoms with E-state index >= 15 is 0 Å². The minimum absolute atomic E-state index is 0.593. The maximum absolute atomic E-state index is 8.44. The van der Waals surface area contributed by atoms with Crippen molar-refractivity contribution in [2.75, 3.05) is 7.05 Å². The van der Waals surface area contributed by atoms with Crippen LogP contribution in [-0.2, 0) is 0 Å².